The Labute approximate surface area is 276 Å². The fourth-order valence-electron chi connectivity index (χ4n) is 5.10. The summed E-state index contributed by atoms with van der Waals surface area (Å²) in [6, 6.07) is 13.7. The zero-order valence-corrected chi connectivity index (χ0v) is 26.8. The number of aliphatic hydroxyl groups excluding tert-OH is 1. The minimum atomic E-state index is -4.99. The fraction of sp³-hybridized carbons (Fsp3) is 0.387. The van der Waals surface area contributed by atoms with E-state index in [0.29, 0.717) is 36.5 Å². The van der Waals surface area contributed by atoms with Crippen LogP contribution in [0.1, 0.15) is 46.0 Å². The Morgan fingerprint density at radius 3 is 2.15 bits per heavy atom. The zero-order valence-electron chi connectivity index (χ0n) is 25.1. The van der Waals surface area contributed by atoms with Crippen LogP contribution in [0.15, 0.2) is 66.7 Å². The molecule has 260 valence electrons. The zero-order chi connectivity index (χ0) is 33.7. The lowest BCUT2D eigenvalue weighted by Crippen LogP contribution is -2.48. The molecule has 1 heterocycles. The third-order valence-corrected chi connectivity index (χ3v) is 9.23. The molecule has 8 nitrogen and oxygen atoms in total. The molecule has 0 aromatic heterocycles. The van der Waals surface area contributed by atoms with E-state index in [-0.39, 0.29) is 54.9 Å². The summed E-state index contributed by atoms with van der Waals surface area (Å²) in [7, 11) is -3.07. The van der Waals surface area contributed by atoms with Crippen molar-refractivity contribution in [2.75, 3.05) is 29.8 Å². The fourth-order valence-corrected chi connectivity index (χ4v) is 6.70. The second-order valence-corrected chi connectivity index (χ2v) is 12.9. The second kappa shape index (κ2) is 15.8. The summed E-state index contributed by atoms with van der Waals surface area (Å²) in [4.78, 5) is 13.5. The van der Waals surface area contributed by atoms with E-state index in [2.05, 4.69) is 10.6 Å². The van der Waals surface area contributed by atoms with Crippen molar-refractivity contribution < 1.29 is 50.1 Å². The molecule has 0 radical (unpaired) electrons. The van der Waals surface area contributed by atoms with Gasteiger partial charge in [0, 0.05) is 31.3 Å². The Morgan fingerprint density at radius 2 is 1.60 bits per heavy atom. The van der Waals surface area contributed by atoms with Crippen molar-refractivity contribution in [3.8, 4) is 5.75 Å². The number of carbonyl (C=O) groups is 1. The maximum absolute atomic E-state index is 13.5. The lowest BCUT2D eigenvalue weighted by Gasteiger charge is -2.38. The third kappa shape index (κ3) is 10.4. The van der Waals surface area contributed by atoms with Gasteiger partial charge in [-0.05, 0) is 61.2 Å². The van der Waals surface area contributed by atoms with E-state index in [1.165, 1.54) is 16.4 Å². The molecule has 16 heteroatoms. The summed E-state index contributed by atoms with van der Waals surface area (Å²) in [6.07, 6.45) is -10.6. The average Bonchev–Trinajstić information content (AvgIpc) is 3.35. The van der Waals surface area contributed by atoms with Crippen LogP contribution in [0.3, 0.4) is 0 Å². The van der Waals surface area contributed by atoms with Gasteiger partial charge in [-0.15, -0.1) is 23.2 Å². The van der Waals surface area contributed by atoms with Gasteiger partial charge >= 0.3 is 12.4 Å². The molecule has 2 atom stereocenters. The number of benzene rings is 3. The van der Waals surface area contributed by atoms with E-state index in [1.807, 2.05) is 0 Å². The Morgan fingerprint density at radius 1 is 0.957 bits per heavy atom. The molecule has 1 aliphatic rings. The van der Waals surface area contributed by atoms with Crippen LogP contribution in [-0.4, -0.2) is 57.7 Å². The molecule has 4 rings (SSSR count). The predicted molar refractivity (Wildman–Crippen MR) is 170 cm³/mol. The summed E-state index contributed by atoms with van der Waals surface area (Å²) >= 11 is 0. The number of carbonyl (C=O) groups excluding carboxylic acids is 1. The van der Waals surface area contributed by atoms with E-state index in [1.54, 1.807) is 43.3 Å². The van der Waals surface area contributed by atoms with E-state index in [0.717, 1.165) is 5.56 Å². The Kier molecular flexibility index (Phi) is 12.8. The number of hydrogen-bond donors (Lipinski definition) is 5. The maximum Gasteiger partial charge on any atom is 0.416 e. The molecule has 0 saturated carbocycles. The molecule has 1 aliphatic heterocycles. The maximum atomic E-state index is 13.5. The molecule has 47 heavy (non-hydrogen) atoms. The Balaban J connectivity index is 0.00000600. The normalized spacial score (nSPS) is 16.6. The highest BCUT2D eigenvalue weighted by atomic mass is 35.5. The first-order valence-electron chi connectivity index (χ1n) is 14.4. The number of nitrogens with one attached hydrogen (secondary N) is 2. The summed E-state index contributed by atoms with van der Waals surface area (Å²) in [5.41, 5.74) is -1.95. The smallest absolute Gasteiger partial charge is 0.416 e. The van der Waals surface area contributed by atoms with Gasteiger partial charge < -0.3 is 20.5 Å². The molecular formula is C31H36ClF6N3O5S. The van der Waals surface area contributed by atoms with Crippen LogP contribution in [0, 0.1) is 0 Å². The molecule has 3 aromatic rings. The Bertz CT molecular complexity index is 1460. The number of nitrogens with zero attached hydrogens (tertiary/aromatic N) is 1. The van der Waals surface area contributed by atoms with E-state index in [9.17, 15) is 45.3 Å². The Hall–Kier alpha value is -3.21. The molecule has 1 saturated heterocycles. The monoisotopic (exact) mass is 711 g/mol. The molecule has 1 fully saturated rings. The number of hydrogen-bond acceptors (Lipinski definition) is 7. The highest BCUT2D eigenvalue weighted by Gasteiger charge is 2.37. The van der Waals surface area contributed by atoms with Crippen LogP contribution in [0.25, 0.3) is 0 Å². The minimum Gasteiger partial charge on any atom is -0.494 e. The van der Waals surface area contributed by atoms with Crippen molar-refractivity contribution in [1.82, 2.24) is 10.6 Å². The first-order chi connectivity index (χ1) is 21.6. The quantitative estimate of drug-likeness (QED) is 0.130. The largest absolute Gasteiger partial charge is 0.494 e. The summed E-state index contributed by atoms with van der Waals surface area (Å²) in [5.74, 6) is -0.122. The second-order valence-electron chi connectivity index (χ2n) is 10.8. The van der Waals surface area contributed by atoms with Crippen LogP contribution >= 0.6 is 23.2 Å². The van der Waals surface area contributed by atoms with Gasteiger partial charge in [0.1, 0.15) is 5.75 Å². The van der Waals surface area contributed by atoms with Gasteiger partial charge in [-0.2, -0.15) is 26.3 Å². The van der Waals surface area contributed by atoms with E-state index in [4.69, 9.17) is 4.74 Å². The molecule has 0 spiro atoms. The van der Waals surface area contributed by atoms with Crippen molar-refractivity contribution in [3.63, 3.8) is 0 Å². The van der Waals surface area contributed by atoms with Gasteiger partial charge in [0.25, 0.3) is 5.91 Å². The van der Waals surface area contributed by atoms with Gasteiger partial charge in [-0.3, -0.25) is 18.2 Å². The van der Waals surface area contributed by atoms with Crippen LogP contribution < -0.4 is 19.7 Å². The number of amides is 1. The molecular weight excluding hydrogens is 676 g/mol. The standard InChI is InChI=1S/C31H35F6N3O5S.ClH/c1-2-45-26-15-22(14-25(17-26)40-9-6-10-46(40,43)44)29(42)39-27(13-20-7-4-3-5-8-20)28(41)19-38-18-21-11-23(30(32,33)34)16-24(12-21)31(35,36)37;/h3-5,7-8,11-12,14-17,27-28,38,41,43-44H,2,6,9-10,13,18-19H2,1H3,(H,39,42);1H/t27-,28+;/m0./s1. The minimum absolute atomic E-state index is 0. The van der Waals surface area contributed by atoms with Crippen LogP contribution in [0.2, 0.25) is 0 Å². The van der Waals surface area contributed by atoms with Crippen LogP contribution in [0.4, 0.5) is 32.0 Å². The predicted octanol–water partition coefficient (Wildman–Crippen LogP) is 6.91. The molecule has 3 aromatic carbocycles. The van der Waals surface area contributed by atoms with Crippen molar-refractivity contribution in [3.05, 3.63) is 94.5 Å². The lowest BCUT2D eigenvalue weighted by molar-refractivity contribution is -0.143. The summed E-state index contributed by atoms with van der Waals surface area (Å²) in [5, 5.41) is 16.6. The van der Waals surface area contributed by atoms with E-state index >= 15 is 0 Å². The third-order valence-electron chi connectivity index (χ3n) is 7.29. The summed E-state index contributed by atoms with van der Waals surface area (Å²) < 4.78 is 108. The highest BCUT2D eigenvalue weighted by molar-refractivity contribution is 8.25. The SMILES string of the molecule is CCOc1cc(C(=O)N[C@@H](Cc2ccccc2)[C@H](O)CNCc2cc(C(F)(F)F)cc(C(F)(F)F)c2)cc(N2CCCS2(O)O)c1.Cl. The number of aliphatic hydroxyl groups is 1. The van der Waals surface area contributed by atoms with Crippen molar-refractivity contribution in [1.29, 1.82) is 0 Å². The van der Waals surface area contributed by atoms with Gasteiger partial charge in [0.05, 0.1) is 41.3 Å². The molecule has 1 amide bonds. The topological polar surface area (TPSA) is 114 Å². The lowest BCUT2D eigenvalue weighted by atomic mass is 10.00. The van der Waals surface area contributed by atoms with E-state index < -0.39 is 58.9 Å². The van der Waals surface area contributed by atoms with Gasteiger partial charge in [0.15, 0.2) is 0 Å². The first kappa shape index (κ1) is 38.2. The molecule has 0 bridgehead atoms. The first-order valence-corrected chi connectivity index (χ1v) is 16.1. The van der Waals surface area contributed by atoms with Gasteiger partial charge in [-0.1, -0.05) is 30.3 Å². The van der Waals surface area contributed by atoms with Crippen LogP contribution in [0.5, 0.6) is 5.75 Å². The van der Waals surface area contributed by atoms with Gasteiger partial charge in [-0.25, -0.2) is 0 Å². The molecule has 5 N–H and O–H groups in total. The number of alkyl halides is 6. The summed E-state index contributed by atoms with van der Waals surface area (Å²) in [6.45, 7) is 1.68. The molecule has 0 aliphatic carbocycles. The number of rotatable bonds is 12. The van der Waals surface area contributed by atoms with Crippen molar-refractivity contribution >= 4 is 34.8 Å². The highest BCUT2D eigenvalue weighted by Crippen LogP contribution is 2.51. The van der Waals surface area contributed by atoms with Crippen molar-refractivity contribution in [2.45, 2.75) is 50.8 Å². The molecule has 0 unspecified atom stereocenters. The number of anilines is 1. The van der Waals surface area contributed by atoms with Crippen molar-refractivity contribution in [2.24, 2.45) is 0 Å². The van der Waals surface area contributed by atoms with Gasteiger partial charge in [0.2, 0.25) is 0 Å². The number of ether oxygens (including phenoxy) is 1. The van der Waals surface area contributed by atoms with Crippen LogP contribution in [-0.2, 0) is 25.3 Å². The number of halogens is 7. The average molecular weight is 712 g/mol.